The molecule has 4 rings (SSSR count). The van der Waals surface area contributed by atoms with Gasteiger partial charge in [0.15, 0.2) is 0 Å². The van der Waals surface area contributed by atoms with Crippen molar-refractivity contribution in [2.75, 3.05) is 19.6 Å². The van der Waals surface area contributed by atoms with E-state index in [0.717, 1.165) is 30.3 Å². The van der Waals surface area contributed by atoms with Crippen LogP contribution in [0.3, 0.4) is 0 Å². The number of hydrogen-bond acceptors (Lipinski definition) is 4. The van der Waals surface area contributed by atoms with Crippen molar-refractivity contribution < 1.29 is 4.79 Å². The van der Waals surface area contributed by atoms with Gasteiger partial charge in [0.2, 0.25) is 5.91 Å². The highest BCUT2D eigenvalue weighted by atomic mass is 16.2. The molecule has 2 fully saturated rings. The average molecular weight is 407 g/mol. The first-order chi connectivity index (χ1) is 14.8. The Morgan fingerprint density at radius 3 is 2.40 bits per heavy atom. The lowest BCUT2D eigenvalue weighted by Crippen LogP contribution is -2.47. The van der Waals surface area contributed by atoms with Gasteiger partial charge >= 0.3 is 0 Å². The third-order valence-corrected chi connectivity index (χ3v) is 6.65. The molecule has 0 N–H and O–H groups in total. The van der Waals surface area contributed by atoms with Crippen LogP contribution in [0.1, 0.15) is 56.1 Å². The second-order valence-corrected chi connectivity index (χ2v) is 8.97. The number of carbonyl (C=O) groups is 1. The third-order valence-electron chi connectivity index (χ3n) is 6.65. The van der Waals surface area contributed by atoms with Crippen LogP contribution in [0.5, 0.6) is 0 Å². The Balaban J connectivity index is 1.42. The molecule has 0 radical (unpaired) electrons. The molecule has 2 aromatic rings. The number of carbonyl (C=O) groups excluding carboxylic acids is 1. The van der Waals surface area contributed by atoms with E-state index >= 15 is 0 Å². The molecule has 1 aliphatic carbocycles. The Morgan fingerprint density at radius 1 is 0.967 bits per heavy atom. The molecule has 0 bridgehead atoms. The van der Waals surface area contributed by atoms with Gasteiger partial charge in [0, 0.05) is 50.5 Å². The molecule has 0 aromatic carbocycles. The minimum atomic E-state index is 0.182. The highest BCUT2D eigenvalue weighted by molar-refractivity contribution is 5.78. The summed E-state index contributed by atoms with van der Waals surface area (Å²) in [4.78, 5) is 26.4. The number of pyridine rings is 2. The fourth-order valence-electron chi connectivity index (χ4n) is 5.09. The second-order valence-electron chi connectivity index (χ2n) is 8.97. The maximum absolute atomic E-state index is 13.2. The molecule has 2 aliphatic rings. The first-order valence-electron chi connectivity index (χ1n) is 11.6. The van der Waals surface area contributed by atoms with E-state index in [1.807, 2.05) is 24.4 Å². The number of piperidine rings is 1. The quantitative estimate of drug-likeness (QED) is 0.695. The van der Waals surface area contributed by atoms with Crippen LogP contribution in [0, 0.1) is 5.92 Å². The van der Waals surface area contributed by atoms with Gasteiger partial charge in [0.05, 0.1) is 6.42 Å². The van der Waals surface area contributed by atoms with Crippen LogP contribution in [0.15, 0.2) is 49.1 Å². The molecule has 1 saturated carbocycles. The minimum absolute atomic E-state index is 0.182. The lowest BCUT2D eigenvalue weighted by Gasteiger charge is -2.41. The summed E-state index contributed by atoms with van der Waals surface area (Å²) in [5, 5.41) is 0. The van der Waals surface area contributed by atoms with Crippen molar-refractivity contribution in [3.63, 3.8) is 0 Å². The van der Waals surface area contributed by atoms with Gasteiger partial charge in [-0.2, -0.15) is 0 Å². The van der Waals surface area contributed by atoms with Crippen molar-refractivity contribution in [2.24, 2.45) is 5.92 Å². The highest BCUT2D eigenvalue weighted by Crippen LogP contribution is 2.28. The minimum Gasteiger partial charge on any atom is -0.338 e. The molecule has 160 valence electrons. The van der Waals surface area contributed by atoms with E-state index in [-0.39, 0.29) is 5.91 Å². The molecule has 3 heterocycles. The fourth-order valence-corrected chi connectivity index (χ4v) is 5.09. The Morgan fingerprint density at radius 2 is 1.70 bits per heavy atom. The zero-order valence-electron chi connectivity index (χ0n) is 18.0. The molecule has 0 spiro atoms. The second kappa shape index (κ2) is 10.7. The van der Waals surface area contributed by atoms with Crippen LogP contribution < -0.4 is 0 Å². The summed E-state index contributed by atoms with van der Waals surface area (Å²) >= 11 is 0. The van der Waals surface area contributed by atoms with Crippen LogP contribution in [-0.2, 0) is 17.8 Å². The smallest absolute Gasteiger partial charge is 0.227 e. The Bertz CT molecular complexity index is 776. The van der Waals surface area contributed by atoms with E-state index in [4.69, 9.17) is 0 Å². The van der Waals surface area contributed by atoms with E-state index < -0.39 is 0 Å². The molecular weight excluding hydrogens is 372 g/mol. The lowest BCUT2D eigenvalue weighted by molar-refractivity contribution is -0.132. The maximum Gasteiger partial charge on any atom is 0.227 e. The summed E-state index contributed by atoms with van der Waals surface area (Å²) in [7, 11) is 0. The first-order valence-corrected chi connectivity index (χ1v) is 11.6. The van der Waals surface area contributed by atoms with Crippen molar-refractivity contribution in [3.05, 3.63) is 60.2 Å². The number of rotatable bonds is 7. The zero-order valence-corrected chi connectivity index (χ0v) is 18.0. The van der Waals surface area contributed by atoms with Gasteiger partial charge in [-0.05, 0) is 61.4 Å². The van der Waals surface area contributed by atoms with Crippen molar-refractivity contribution in [3.8, 4) is 0 Å². The first kappa shape index (κ1) is 21.0. The van der Waals surface area contributed by atoms with Crippen LogP contribution in [0.4, 0.5) is 0 Å². The number of nitrogens with zero attached hydrogens (tertiary/aromatic N) is 4. The van der Waals surface area contributed by atoms with Gasteiger partial charge < -0.3 is 9.80 Å². The molecule has 1 saturated heterocycles. The van der Waals surface area contributed by atoms with Crippen molar-refractivity contribution in [1.82, 2.24) is 19.8 Å². The summed E-state index contributed by atoms with van der Waals surface area (Å²) < 4.78 is 0. The number of likely N-dealkylation sites (tertiary alicyclic amines) is 1. The summed E-state index contributed by atoms with van der Waals surface area (Å²) in [5.41, 5.74) is 2.07. The number of aromatic nitrogens is 2. The summed E-state index contributed by atoms with van der Waals surface area (Å²) in [6.07, 6.45) is 16.9. The maximum atomic E-state index is 13.2. The van der Waals surface area contributed by atoms with Crippen LogP contribution in [0.2, 0.25) is 0 Å². The van der Waals surface area contributed by atoms with Gasteiger partial charge in [0.25, 0.3) is 0 Å². The molecule has 30 heavy (non-hydrogen) atoms. The Kier molecular flexibility index (Phi) is 7.46. The standard InChI is InChI=1S/C25H34N4O/c30-25(15-21-7-4-12-26-16-21)29(18-22-8-5-13-27-17-22)20-23-9-6-14-28(19-23)24-10-2-1-3-11-24/h4-5,7-8,12-13,16-17,23-24H,1-3,6,9-11,14-15,18-20H2. The van der Waals surface area contributed by atoms with Gasteiger partial charge in [-0.1, -0.05) is 31.4 Å². The summed E-state index contributed by atoms with van der Waals surface area (Å²) in [6, 6.07) is 8.66. The van der Waals surface area contributed by atoms with E-state index in [1.165, 1.54) is 51.5 Å². The van der Waals surface area contributed by atoms with Gasteiger partial charge in [-0.25, -0.2) is 0 Å². The van der Waals surface area contributed by atoms with Gasteiger partial charge in [-0.15, -0.1) is 0 Å². The van der Waals surface area contributed by atoms with Crippen molar-refractivity contribution in [1.29, 1.82) is 0 Å². The predicted molar refractivity (Wildman–Crippen MR) is 119 cm³/mol. The zero-order chi connectivity index (χ0) is 20.6. The van der Waals surface area contributed by atoms with E-state index in [0.29, 0.717) is 18.9 Å². The summed E-state index contributed by atoms with van der Waals surface area (Å²) in [6.45, 7) is 3.83. The number of hydrogen-bond donors (Lipinski definition) is 0. The van der Waals surface area contributed by atoms with E-state index in [2.05, 4.69) is 25.8 Å². The van der Waals surface area contributed by atoms with E-state index in [9.17, 15) is 4.79 Å². The van der Waals surface area contributed by atoms with Crippen LogP contribution in [0.25, 0.3) is 0 Å². The Labute approximate surface area is 180 Å². The predicted octanol–water partition coefficient (Wildman–Crippen LogP) is 4.09. The normalized spacial score (nSPS) is 20.7. The number of amides is 1. The van der Waals surface area contributed by atoms with Gasteiger partial charge in [-0.3, -0.25) is 14.8 Å². The highest BCUT2D eigenvalue weighted by Gasteiger charge is 2.29. The third kappa shape index (κ3) is 5.88. The molecule has 1 aliphatic heterocycles. The average Bonchev–Trinajstić information content (AvgIpc) is 2.81. The lowest BCUT2D eigenvalue weighted by atomic mass is 9.90. The monoisotopic (exact) mass is 406 g/mol. The van der Waals surface area contributed by atoms with Crippen molar-refractivity contribution in [2.45, 2.75) is 64.0 Å². The molecule has 1 atom stereocenters. The van der Waals surface area contributed by atoms with Gasteiger partial charge in [0.1, 0.15) is 0 Å². The topological polar surface area (TPSA) is 49.3 Å². The molecular formula is C25H34N4O. The van der Waals surface area contributed by atoms with Crippen molar-refractivity contribution >= 4 is 5.91 Å². The Hall–Kier alpha value is -2.27. The molecule has 5 nitrogen and oxygen atoms in total. The molecule has 1 unspecified atom stereocenters. The van der Waals surface area contributed by atoms with Crippen LogP contribution in [-0.4, -0.2) is 51.4 Å². The largest absolute Gasteiger partial charge is 0.338 e. The van der Waals surface area contributed by atoms with E-state index in [1.54, 1.807) is 18.6 Å². The SMILES string of the molecule is O=C(Cc1cccnc1)N(Cc1cccnc1)CC1CCCN(C2CCCCC2)C1. The summed E-state index contributed by atoms with van der Waals surface area (Å²) in [5.74, 6) is 0.733. The van der Waals surface area contributed by atoms with Crippen LogP contribution >= 0.6 is 0 Å². The molecule has 1 amide bonds. The molecule has 2 aromatic heterocycles. The molecule has 5 heteroatoms. The fraction of sp³-hybridized carbons (Fsp3) is 0.560.